The fourth-order valence-electron chi connectivity index (χ4n) is 2.40. The lowest BCUT2D eigenvalue weighted by Crippen LogP contribution is -2.39. The largest absolute Gasteiger partial charge is 0.331 e. The number of hydrogen-bond acceptors (Lipinski definition) is 2. The molecule has 6 heteroatoms. The van der Waals surface area contributed by atoms with E-state index in [1.165, 1.54) is 9.13 Å². The van der Waals surface area contributed by atoms with Gasteiger partial charge in [-0.1, -0.05) is 28.1 Å². The highest BCUT2D eigenvalue weighted by molar-refractivity contribution is 14.1. The van der Waals surface area contributed by atoms with Crippen LogP contribution in [0.2, 0.25) is 0 Å². The van der Waals surface area contributed by atoms with E-state index >= 15 is 0 Å². The lowest BCUT2D eigenvalue weighted by Gasteiger charge is -2.11. The third-order valence-corrected chi connectivity index (χ3v) is 4.77. The molecule has 0 unspecified atom stereocenters. The first kappa shape index (κ1) is 15.5. The van der Waals surface area contributed by atoms with Crippen LogP contribution in [0.15, 0.2) is 56.5 Å². The minimum atomic E-state index is -0.304. The number of rotatable bonds is 2. The summed E-state index contributed by atoms with van der Waals surface area (Å²) in [5.41, 5.74) is 1.01. The zero-order valence-corrected chi connectivity index (χ0v) is 15.5. The third kappa shape index (κ3) is 2.77. The Morgan fingerprint density at radius 3 is 2.45 bits per heavy atom. The molecule has 0 N–H and O–H groups in total. The van der Waals surface area contributed by atoms with Crippen LogP contribution in [0.5, 0.6) is 0 Å². The van der Waals surface area contributed by atoms with Crippen LogP contribution in [-0.4, -0.2) is 9.13 Å². The summed E-state index contributed by atoms with van der Waals surface area (Å²) in [7, 11) is 1.69. The van der Waals surface area contributed by atoms with E-state index in [-0.39, 0.29) is 17.8 Å². The maximum absolute atomic E-state index is 12.7. The van der Waals surface area contributed by atoms with Gasteiger partial charge in [0, 0.05) is 15.1 Å². The summed E-state index contributed by atoms with van der Waals surface area (Å²) in [6.07, 6.45) is 0. The van der Waals surface area contributed by atoms with Gasteiger partial charge in [0.15, 0.2) is 0 Å². The van der Waals surface area contributed by atoms with Crippen LogP contribution >= 0.6 is 38.5 Å². The smallest absolute Gasteiger partial charge is 0.296 e. The minimum absolute atomic E-state index is 0.250. The van der Waals surface area contributed by atoms with Crippen LogP contribution in [-0.2, 0) is 13.6 Å². The highest BCUT2D eigenvalue weighted by Gasteiger charge is 2.11. The van der Waals surface area contributed by atoms with Crippen LogP contribution in [0.25, 0.3) is 10.9 Å². The Kier molecular flexibility index (Phi) is 4.22. The Morgan fingerprint density at radius 1 is 1.09 bits per heavy atom. The summed E-state index contributed by atoms with van der Waals surface area (Å²) in [5, 5.41) is 0.561. The number of halogens is 2. The lowest BCUT2D eigenvalue weighted by molar-refractivity contribution is 0.660. The molecule has 112 valence electrons. The van der Waals surface area contributed by atoms with Crippen molar-refractivity contribution in [1.82, 2.24) is 9.13 Å². The molecule has 0 spiro atoms. The van der Waals surface area contributed by atoms with Gasteiger partial charge in [0.1, 0.15) is 0 Å². The van der Waals surface area contributed by atoms with Gasteiger partial charge in [0.2, 0.25) is 0 Å². The SMILES string of the molecule is Cn1c(=O)n(Cc2ccc(Br)cc2)c(=O)c2cc(I)ccc21. The second-order valence-corrected chi connectivity index (χ2v) is 7.18. The van der Waals surface area contributed by atoms with Gasteiger partial charge in [-0.2, -0.15) is 0 Å². The second-order valence-electron chi connectivity index (χ2n) is 5.02. The molecule has 0 aliphatic rings. The molecule has 22 heavy (non-hydrogen) atoms. The van der Waals surface area contributed by atoms with Crippen molar-refractivity contribution in [3.05, 3.63) is 76.9 Å². The molecule has 0 radical (unpaired) electrons. The van der Waals surface area contributed by atoms with Crippen LogP contribution in [0.4, 0.5) is 0 Å². The number of hydrogen-bond donors (Lipinski definition) is 0. The zero-order valence-electron chi connectivity index (χ0n) is 11.7. The summed E-state index contributed by atoms with van der Waals surface area (Å²) in [6, 6.07) is 13.1. The summed E-state index contributed by atoms with van der Waals surface area (Å²) in [5.74, 6) is 0. The van der Waals surface area contributed by atoms with Crippen LogP contribution in [0.1, 0.15) is 5.56 Å². The van der Waals surface area contributed by atoms with Crippen molar-refractivity contribution < 1.29 is 0 Å². The van der Waals surface area contributed by atoms with E-state index in [4.69, 9.17) is 0 Å². The van der Waals surface area contributed by atoms with Crippen molar-refractivity contribution >= 4 is 49.4 Å². The fraction of sp³-hybridized carbons (Fsp3) is 0.125. The summed E-state index contributed by atoms with van der Waals surface area (Å²) < 4.78 is 4.73. The van der Waals surface area contributed by atoms with E-state index in [0.29, 0.717) is 10.9 Å². The van der Waals surface area contributed by atoms with Crippen LogP contribution in [0.3, 0.4) is 0 Å². The quantitative estimate of drug-likeness (QED) is 0.540. The van der Waals surface area contributed by atoms with Gasteiger partial charge < -0.3 is 0 Å². The second kappa shape index (κ2) is 6.00. The molecule has 0 bridgehead atoms. The summed E-state index contributed by atoms with van der Waals surface area (Å²) >= 11 is 5.54. The number of aromatic nitrogens is 2. The molecule has 4 nitrogen and oxygen atoms in total. The Balaban J connectivity index is 2.23. The zero-order chi connectivity index (χ0) is 15.9. The van der Waals surface area contributed by atoms with Crippen molar-refractivity contribution in [1.29, 1.82) is 0 Å². The molecule has 3 rings (SSSR count). The van der Waals surface area contributed by atoms with Crippen molar-refractivity contribution in [2.24, 2.45) is 7.05 Å². The summed E-state index contributed by atoms with van der Waals surface area (Å²) in [4.78, 5) is 25.1. The highest BCUT2D eigenvalue weighted by Crippen LogP contribution is 2.13. The number of aryl methyl sites for hydroxylation is 1. The molecule has 2 aromatic carbocycles. The Morgan fingerprint density at radius 2 is 1.77 bits per heavy atom. The van der Waals surface area contributed by atoms with Crippen molar-refractivity contribution in [3.63, 3.8) is 0 Å². The Bertz CT molecular complexity index is 974. The number of nitrogens with zero attached hydrogens (tertiary/aromatic N) is 2. The van der Waals surface area contributed by atoms with E-state index in [0.717, 1.165) is 13.6 Å². The molecule has 0 atom stereocenters. The maximum atomic E-state index is 12.7. The maximum Gasteiger partial charge on any atom is 0.331 e. The van der Waals surface area contributed by atoms with Gasteiger partial charge in [0.05, 0.1) is 17.4 Å². The topological polar surface area (TPSA) is 44.0 Å². The normalized spacial score (nSPS) is 11.0. The highest BCUT2D eigenvalue weighted by atomic mass is 127. The molecule has 1 heterocycles. The predicted molar refractivity (Wildman–Crippen MR) is 99.4 cm³/mol. The van der Waals surface area contributed by atoms with Crippen molar-refractivity contribution in [3.8, 4) is 0 Å². The molecule has 0 aliphatic carbocycles. The Hall–Kier alpha value is -1.41. The molecule has 3 aromatic rings. The number of benzene rings is 2. The lowest BCUT2D eigenvalue weighted by atomic mass is 10.2. The van der Waals surface area contributed by atoms with Crippen LogP contribution in [0, 0.1) is 3.57 Å². The first-order valence-electron chi connectivity index (χ1n) is 6.61. The van der Waals surface area contributed by atoms with E-state index in [2.05, 4.69) is 38.5 Å². The average Bonchev–Trinajstić information content (AvgIpc) is 2.51. The van der Waals surface area contributed by atoms with Crippen molar-refractivity contribution in [2.75, 3.05) is 0 Å². The molecule has 1 aromatic heterocycles. The monoisotopic (exact) mass is 470 g/mol. The molecule has 0 fully saturated rings. The van der Waals surface area contributed by atoms with E-state index in [9.17, 15) is 9.59 Å². The Labute approximate surface area is 148 Å². The number of fused-ring (bicyclic) bond motifs is 1. The molecule has 0 saturated heterocycles. The van der Waals surface area contributed by atoms with Gasteiger partial charge in [-0.25, -0.2) is 4.79 Å². The van der Waals surface area contributed by atoms with E-state index in [1.807, 2.05) is 42.5 Å². The van der Waals surface area contributed by atoms with E-state index < -0.39 is 0 Å². The average molecular weight is 471 g/mol. The standard InChI is InChI=1S/C16H12BrIN2O2/c1-19-14-7-6-12(18)8-13(14)15(21)20(16(19)22)9-10-2-4-11(17)5-3-10/h2-8H,9H2,1H3. The van der Waals surface area contributed by atoms with E-state index in [1.54, 1.807) is 7.05 Å². The molecule has 0 aliphatic heterocycles. The van der Waals surface area contributed by atoms with Crippen molar-refractivity contribution in [2.45, 2.75) is 6.54 Å². The molecule has 0 saturated carbocycles. The molecular weight excluding hydrogens is 459 g/mol. The molecular formula is C16H12BrIN2O2. The summed E-state index contributed by atoms with van der Waals surface area (Å²) in [6.45, 7) is 0.264. The van der Waals surface area contributed by atoms with Gasteiger partial charge in [-0.3, -0.25) is 13.9 Å². The van der Waals surface area contributed by atoms with Gasteiger partial charge >= 0.3 is 5.69 Å². The predicted octanol–water partition coefficient (Wildman–Crippen LogP) is 3.12. The third-order valence-electron chi connectivity index (χ3n) is 3.57. The minimum Gasteiger partial charge on any atom is -0.296 e. The van der Waals surface area contributed by atoms with Crippen LogP contribution < -0.4 is 11.2 Å². The first-order chi connectivity index (χ1) is 10.5. The first-order valence-corrected chi connectivity index (χ1v) is 8.48. The molecule has 0 amide bonds. The van der Waals surface area contributed by atoms with Gasteiger partial charge in [-0.15, -0.1) is 0 Å². The van der Waals surface area contributed by atoms with Gasteiger partial charge in [0.25, 0.3) is 5.56 Å². The fourth-order valence-corrected chi connectivity index (χ4v) is 3.16. The van der Waals surface area contributed by atoms with Gasteiger partial charge in [-0.05, 0) is 58.5 Å².